The predicted octanol–water partition coefficient (Wildman–Crippen LogP) is 2.85. The minimum absolute atomic E-state index is 0.162. The summed E-state index contributed by atoms with van der Waals surface area (Å²) in [6.45, 7) is 3.74. The van der Waals surface area contributed by atoms with Crippen molar-refractivity contribution in [3.8, 4) is 17.4 Å². The van der Waals surface area contributed by atoms with E-state index >= 15 is 0 Å². The summed E-state index contributed by atoms with van der Waals surface area (Å²) in [5, 5.41) is 0.581. The summed E-state index contributed by atoms with van der Waals surface area (Å²) in [5.41, 5.74) is 0.933. The number of aromatic nitrogens is 1. The molecule has 0 aliphatic carbocycles. The second-order valence-electron chi connectivity index (χ2n) is 4.39. The number of nitrogens with zero attached hydrogens (tertiary/aromatic N) is 2. The van der Waals surface area contributed by atoms with E-state index in [2.05, 4.69) is 4.98 Å². The third-order valence-corrected chi connectivity index (χ3v) is 3.12. The molecular formula is C14H13ClN2O3. The summed E-state index contributed by atoms with van der Waals surface area (Å²) in [4.78, 5) is 18.0. The van der Waals surface area contributed by atoms with Crippen LogP contribution in [0.3, 0.4) is 0 Å². The number of rotatable bonds is 4. The van der Waals surface area contributed by atoms with Crippen molar-refractivity contribution >= 4 is 17.5 Å². The van der Waals surface area contributed by atoms with E-state index in [1.54, 1.807) is 23.1 Å². The van der Waals surface area contributed by atoms with Crippen molar-refractivity contribution in [2.75, 3.05) is 19.7 Å². The van der Waals surface area contributed by atoms with Crippen molar-refractivity contribution in [3.63, 3.8) is 0 Å². The lowest BCUT2D eigenvalue weighted by Gasteiger charge is -2.00. The summed E-state index contributed by atoms with van der Waals surface area (Å²) >= 11 is 5.95. The van der Waals surface area contributed by atoms with Gasteiger partial charge < -0.3 is 14.1 Å². The maximum Gasteiger partial charge on any atom is 0.319 e. The Labute approximate surface area is 121 Å². The van der Waals surface area contributed by atoms with Gasteiger partial charge in [-0.2, -0.15) is 4.98 Å². The van der Waals surface area contributed by atoms with Gasteiger partial charge in [-0.05, 0) is 25.1 Å². The minimum atomic E-state index is -0.162. The maximum absolute atomic E-state index is 12.1. The molecule has 1 aliphatic rings. The Morgan fingerprint density at radius 3 is 2.95 bits per heavy atom. The van der Waals surface area contributed by atoms with E-state index in [4.69, 9.17) is 20.8 Å². The van der Waals surface area contributed by atoms with Gasteiger partial charge in [0, 0.05) is 23.7 Å². The minimum Gasteiger partial charge on any atom is -0.464 e. The number of hydrogen-bond acceptors (Lipinski definition) is 4. The number of halogens is 1. The summed E-state index contributed by atoms with van der Waals surface area (Å²) in [6, 6.07) is 7.11. The van der Waals surface area contributed by atoms with E-state index in [0.717, 1.165) is 13.1 Å². The van der Waals surface area contributed by atoms with Gasteiger partial charge in [-0.15, -0.1) is 0 Å². The van der Waals surface area contributed by atoms with E-state index in [0.29, 0.717) is 23.1 Å². The maximum atomic E-state index is 12.1. The summed E-state index contributed by atoms with van der Waals surface area (Å²) in [6.07, 6.45) is 0. The van der Waals surface area contributed by atoms with Gasteiger partial charge in [-0.3, -0.25) is 4.79 Å². The number of carbonyl (C=O) groups is 1. The molecule has 0 bridgehead atoms. The fraction of sp³-hybridized carbons (Fsp3) is 0.286. The Hall–Kier alpha value is -2.01. The van der Waals surface area contributed by atoms with E-state index < -0.39 is 0 Å². The third-order valence-electron chi connectivity index (χ3n) is 2.88. The molecule has 1 saturated heterocycles. The van der Waals surface area contributed by atoms with E-state index in [1.165, 1.54) is 0 Å². The quantitative estimate of drug-likeness (QED) is 0.813. The fourth-order valence-electron chi connectivity index (χ4n) is 1.82. The van der Waals surface area contributed by atoms with Crippen molar-refractivity contribution in [1.29, 1.82) is 0 Å². The molecular weight excluding hydrogens is 280 g/mol. The monoisotopic (exact) mass is 292 g/mol. The Kier molecular flexibility index (Phi) is 3.36. The molecule has 1 amide bonds. The first-order valence-corrected chi connectivity index (χ1v) is 6.75. The predicted molar refractivity (Wildman–Crippen MR) is 74.0 cm³/mol. The van der Waals surface area contributed by atoms with Crippen LogP contribution in [0.1, 0.15) is 17.4 Å². The van der Waals surface area contributed by atoms with Crippen LogP contribution >= 0.6 is 11.6 Å². The number of hydrogen-bond donors (Lipinski definition) is 0. The van der Waals surface area contributed by atoms with Gasteiger partial charge in [0.25, 0.3) is 5.91 Å². The van der Waals surface area contributed by atoms with Crippen LogP contribution in [-0.4, -0.2) is 35.5 Å². The van der Waals surface area contributed by atoms with E-state index in [-0.39, 0.29) is 17.5 Å². The zero-order chi connectivity index (χ0) is 14.1. The second kappa shape index (κ2) is 5.17. The molecule has 0 spiro atoms. The van der Waals surface area contributed by atoms with Crippen molar-refractivity contribution < 1.29 is 13.9 Å². The van der Waals surface area contributed by atoms with Crippen molar-refractivity contribution in [2.24, 2.45) is 0 Å². The van der Waals surface area contributed by atoms with Crippen LogP contribution in [0.2, 0.25) is 5.02 Å². The standard InChI is InChI=1S/C14H13ClN2O3/c1-2-19-14-11(13(18)17-6-7-17)16-12(20-14)9-4-3-5-10(15)8-9/h3-5,8H,2,6-7H2,1H3. The van der Waals surface area contributed by atoms with E-state index in [9.17, 15) is 4.79 Å². The van der Waals surface area contributed by atoms with Crippen LogP contribution in [0.15, 0.2) is 28.7 Å². The van der Waals surface area contributed by atoms with Gasteiger partial charge in [0.2, 0.25) is 11.6 Å². The average molecular weight is 293 g/mol. The van der Waals surface area contributed by atoms with Crippen LogP contribution in [0.25, 0.3) is 11.5 Å². The second-order valence-corrected chi connectivity index (χ2v) is 4.83. The largest absolute Gasteiger partial charge is 0.464 e. The molecule has 1 aromatic carbocycles. The first kappa shape index (κ1) is 13.0. The van der Waals surface area contributed by atoms with E-state index in [1.807, 2.05) is 13.0 Å². The third kappa shape index (κ3) is 2.49. The van der Waals surface area contributed by atoms with Gasteiger partial charge in [0.1, 0.15) is 0 Å². The number of oxazole rings is 1. The first-order valence-electron chi connectivity index (χ1n) is 6.38. The number of benzene rings is 1. The zero-order valence-electron chi connectivity index (χ0n) is 10.9. The van der Waals surface area contributed by atoms with Crippen molar-refractivity contribution in [3.05, 3.63) is 35.0 Å². The Balaban J connectivity index is 2.00. The highest BCUT2D eigenvalue weighted by Gasteiger charge is 2.32. The Morgan fingerprint density at radius 1 is 1.50 bits per heavy atom. The molecule has 6 heteroatoms. The molecule has 1 fully saturated rings. The Bertz CT molecular complexity index is 650. The smallest absolute Gasteiger partial charge is 0.319 e. The highest BCUT2D eigenvalue weighted by molar-refractivity contribution is 6.30. The summed E-state index contributed by atoms with van der Waals surface area (Å²) in [5.74, 6) is 0.339. The van der Waals surface area contributed by atoms with Crippen LogP contribution in [-0.2, 0) is 0 Å². The average Bonchev–Trinajstić information content (AvgIpc) is 3.20. The normalized spacial score (nSPS) is 13.4. The lowest BCUT2D eigenvalue weighted by atomic mass is 10.2. The summed E-state index contributed by atoms with van der Waals surface area (Å²) in [7, 11) is 0. The molecule has 0 N–H and O–H groups in total. The molecule has 5 nitrogen and oxygen atoms in total. The molecule has 2 aromatic rings. The lowest BCUT2D eigenvalue weighted by molar-refractivity contribution is 0.0873. The Morgan fingerprint density at radius 2 is 2.30 bits per heavy atom. The molecule has 0 unspecified atom stereocenters. The molecule has 1 aromatic heterocycles. The van der Waals surface area contributed by atoms with Crippen LogP contribution in [0, 0.1) is 0 Å². The van der Waals surface area contributed by atoms with Crippen molar-refractivity contribution in [1.82, 2.24) is 9.88 Å². The number of amides is 1. The molecule has 20 heavy (non-hydrogen) atoms. The molecule has 3 rings (SSSR count). The van der Waals surface area contributed by atoms with Crippen LogP contribution in [0.4, 0.5) is 0 Å². The van der Waals surface area contributed by atoms with Crippen molar-refractivity contribution in [2.45, 2.75) is 6.92 Å². The molecule has 1 aliphatic heterocycles. The fourth-order valence-corrected chi connectivity index (χ4v) is 2.01. The van der Waals surface area contributed by atoms with Crippen LogP contribution in [0.5, 0.6) is 5.95 Å². The lowest BCUT2D eigenvalue weighted by Crippen LogP contribution is -2.12. The molecule has 2 heterocycles. The highest BCUT2D eigenvalue weighted by Crippen LogP contribution is 2.30. The van der Waals surface area contributed by atoms with Gasteiger partial charge in [0.15, 0.2) is 0 Å². The van der Waals surface area contributed by atoms with Gasteiger partial charge in [0.05, 0.1) is 6.61 Å². The zero-order valence-corrected chi connectivity index (χ0v) is 11.7. The molecule has 0 atom stereocenters. The summed E-state index contributed by atoms with van der Waals surface area (Å²) < 4.78 is 10.9. The first-order chi connectivity index (χ1) is 9.69. The highest BCUT2D eigenvalue weighted by atomic mass is 35.5. The van der Waals surface area contributed by atoms with Gasteiger partial charge in [-0.25, -0.2) is 0 Å². The SMILES string of the molecule is CCOc1oc(-c2cccc(Cl)c2)nc1C(=O)N1CC1. The van der Waals surface area contributed by atoms with Gasteiger partial charge in [-0.1, -0.05) is 17.7 Å². The number of ether oxygens (including phenoxy) is 1. The molecule has 0 radical (unpaired) electrons. The topological polar surface area (TPSA) is 55.3 Å². The number of carbonyl (C=O) groups excluding carboxylic acids is 1. The molecule has 0 saturated carbocycles. The van der Waals surface area contributed by atoms with Gasteiger partial charge >= 0.3 is 5.95 Å². The molecule has 104 valence electrons. The van der Waals surface area contributed by atoms with Crippen LogP contribution < -0.4 is 4.74 Å².